The number of carbonyl (C=O) groups is 2. The number of aromatic nitrogens is 1. The zero-order valence-electron chi connectivity index (χ0n) is 12.4. The van der Waals surface area contributed by atoms with Crippen LogP contribution in [0.25, 0.3) is 0 Å². The molecular formula is C15H19FN2O3. The zero-order valence-corrected chi connectivity index (χ0v) is 12.4. The Labute approximate surface area is 123 Å². The summed E-state index contributed by atoms with van der Waals surface area (Å²) in [6, 6.07) is 1.91. The predicted octanol–water partition coefficient (Wildman–Crippen LogP) is 2.17. The highest BCUT2D eigenvalue weighted by Crippen LogP contribution is 2.23. The van der Waals surface area contributed by atoms with E-state index in [9.17, 15) is 14.0 Å². The zero-order chi connectivity index (χ0) is 15.6. The van der Waals surface area contributed by atoms with Gasteiger partial charge in [0.2, 0.25) is 5.95 Å². The molecule has 1 fully saturated rings. The summed E-state index contributed by atoms with van der Waals surface area (Å²) in [5.74, 6) is -1.50. The van der Waals surface area contributed by atoms with Gasteiger partial charge in [-0.15, -0.1) is 0 Å². The van der Waals surface area contributed by atoms with Crippen molar-refractivity contribution >= 4 is 11.9 Å². The van der Waals surface area contributed by atoms with E-state index in [1.807, 2.05) is 0 Å². The van der Waals surface area contributed by atoms with Crippen molar-refractivity contribution < 1.29 is 18.7 Å². The molecule has 1 amide bonds. The maximum atomic E-state index is 13.1. The van der Waals surface area contributed by atoms with E-state index in [0.29, 0.717) is 13.0 Å². The first-order valence-corrected chi connectivity index (χ1v) is 6.93. The van der Waals surface area contributed by atoms with Crippen LogP contribution in [0.1, 0.15) is 44.0 Å². The molecule has 114 valence electrons. The number of halogens is 1. The normalized spacial score (nSPS) is 18.7. The Morgan fingerprint density at radius 2 is 2.14 bits per heavy atom. The number of esters is 1. The van der Waals surface area contributed by atoms with Crippen LogP contribution in [-0.4, -0.2) is 39.9 Å². The van der Waals surface area contributed by atoms with Crippen LogP contribution in [0.4, 0.5) is 4.39 Å². The van der Waals surface area contributed by atoms with E-state index in [4.69, 9.17) is 4.74 Å². The summed E-state index contributed by atoms with van der Waals surface area (Å²) < 4.78 is 18.5. The second kappa shape index (κ2) is 5.79. The van der Waals surface area contributed by atoms with Gasteiger partial charge in [-0.25, -0.2) is 9.78 Å². The highest BCUT2D eigenvalue weighted by molar-refractivity contribution is 5.97. The Hall–Kier alpha value is -1.98. The molecule has 0 N–H and O–H groups in total. The molecule has 1 aromatic heterocycles. The lowest BCUT2D eigenvalue weighted by Crippen LogP contribution is -2.43. The third-order valence-electron chi connectivity index (χ3n) is 3.17. The number of pyridine rings is 1. The van der Waals surface area contributed by atoms with Gasteiger partial charge in [0.25, 0.3) is 5.91 Å². The topological polar surface area (TPSA) is 59.5 Å². The molecule has 2 rings (SSSR count). The van der Waals surface area contributed by atoms with E-state index in [2.05, 4.69) is 4.98 Å². The number of rotatable bonds is 2. The average Bonchev–Trinajstić information content (AvgIpc) is 2.85. The van der Waals surface area contributed by atoms with Crippen molar-refractivity contribution in [3.8, 4) is 0 Å². The highest BCUT2D eigenvalue weighted by Gasteiger charge is 2.37. The van der Waals surface area contributed by atoms with Gasteiger partial charge >= 0.3 is 5.97 Å². The van der Waals surface area contributed by atoms with E-state index in [1.165, 1.54) is 17.2 Å². The van der Waals surface area contributed by atoms with Gasteiger partial charge in [-0.2, -0.15) is 4.39 Å². The third-order valence-corrected chi connectivity index (χ3v) is 3.17. The number of hydrogen-bond donors (Lipinski definition) is 0. The minimum atomic E-state index is -0.714. The van der Waals surface area contributed by atoms with Gasteiger partial charge in [-0.3, -0.25) is 4.79 Å². The number of nitrogens with zero attached hydrogens (tertiary/aromatic N) is 2. The van der Waals surface area contributed by atoms with Gasteiger partial charge in [-0.05, 0) is 39.7 Å². The number of carbonyl (C=O) groups excluding carboxylic acids is 2. The van der Waals surface area contributed by atoms with Crippen molar-refractivity contribution in [3.63, 3.8) is 0 Å². The maximum absolute atomic E-state index is 13.1. The second-order valence-corrected chi connectivity index (χ2v) is 6.06. The molecular weight excluding hydrogens is 275 g/mol. The molecule has 0 unspecified atom stereocenters. The Morgan fingerprint density at radius 3 is 2.76 bits per heavy atom. The largest absolute Gasteiger partial charge is 0.458 e. The van der Waals surface area contributed by atoms with E-state index in [0.717, 1.165) is 12.5 Å². The van der Waals surface area contributed by atoms with Crippen molar-refractivity contribution in [2.75, 3.05) is 6.54 Å². The van der Waals surface area contributed by atoms with Gasteiger partial charge < -0.3 is 9.64 Å². The van der Waals surface area contributed by atoms with Crippen molar-refractivity contribution in [2.24, 2.45) is 0 Å². The summed E-state index contributed by atoms with van der Waals surface area (Å²) in [4.78, 5) is 29.4. The van der Waals surface area contributed by atoms with Crippen molar-refractivity contribution in [1.82, 2.24) is 9.88 Å². The smallest absolute Gasteiger partial charge is 0.329 e. The Kier molecular flexibility index (Phi) is 4.25. The van der Waals surface area contributed by atoms with Crippen LogP contribution in [0.5, 0.6) is 0 Å². The standard InChI is InChI=1S/C15H19FN2O3/c1-15(2,3)21-14(20)11-5-4-8-18(11)13(19)10-6-7-17-12(16)9-10/h6-7,9,11H,4-5,8H2,1-3H3/t11-/m1/s1. The molecule has 0 saturated carbocycles. The van der Waals surface area contributed by atoms with Crippen molar-refractivity contribution in [1.29, 1.82) is 0 Å². The first-order chi connectivity index (χ1) is 9.78. The first kappa shape index (κ1) is 15.4. The minimum Gasteiger partial charge on any atom is -0.458 e. The molecule has 0 aliphatic carbocycles. The SMILES string of the molecule is CC(C)(C)OC(=O)[C@H]1CCCN1C(=O)c1ccnc(F)c1. The van der Waals surface area contributed by atoms with E-state index >= 15 is 0 Å². The van der Waals surface area contributed by atoms with E-state index in [-0.39, 0.29) is 11.5 Å². The second-order valence-electron chi connectivity index (χ2n) is 6.06. The quantitative estimate of drug-likeness (QED) is 0.619. The molecule has 1 aromatic rings. The fourth-order valence-electron chi connectivity index (χ4n) is 2.33. The molecule has 0 spiro atoms. The molecule has 0 bridgehead atoms. The fourth-order valence-corrected chi connectivity index (χ4v) is 2.33. The Balaban J connectivity index is 2.15. The van der Waals surface area contributed by atoms with Crippen LogP contribution >= 0.6 is 0 Å². The predicted molar refractivity (Wildman–Crippen MR) is 74.1 cm³/mol. The maximum Gasteiger partial charge on any atom is 0.329 e. The summed E-state index contributed by atoms with van der Waals surface area (Å²) in [5.41, 5.74) is -0.407. The van der Waals surface area contributed by atoms with Gasteiger partial charge in [0, 0.05) is 24.4 Å². The fraction of sp³-hybridized carbons (Fsp3) is 0.533. The van der Waals surface area contributed by atoms with Gasteiger partial charge in [0.1, 0.15) is 11.6 Å². The van der Waals surface area contributed by atoms with Crippen LogP contribution < -0.4 is 0 Å². The van der Waals surface area contributed by atoms with Gasteiger partial charge in [0.05, 0.1) is 0 Å². The van der Waals surface area contributed by atoms with Gasteiger partial charge in [0.15, 0.2) is 0 Å². The van der Waals surface area contributed by atoms with E-state index < -0.39 is 23.6 Å². The van der Waals surface area contributed by atoms with Crippen LogP contribution in [0, 0.1) is 5.95 Å². The van der Waals surface area contributed by atoms with Crippen LogP contribution in [0.3, 0.4) is 0 Å². The minimum absolute atomic E-state index is 0.193. The molecule has 1 saturated heterocycles. The highest BCUT2D eigenvalue weighted by atomic mass is 19.1. The van der Waals surface area contributed by atoms with Crippen molar-refractivity contribution in [2.45, 2.75) is 45.3 Å². The third kappa shape index (κ3) is 3.77. The lowest BCUT2D eigenvalue weighted by atomic mass is 10.1. The monoisotopic (exact) mass is 294 g/mol. The molecule has 6 heteroatoms. The summed E-state index contributed by atoms with van der Waals surface area (Å²) >= 11 is 0. The average molecular weight is 294 g/mol. The first-order valence-electron chi connectivity index (χ1n) is 6.93. The number of amides is 1. The number of hydrogen-bond acceptors (Lipinski definition) is 4. The molecule has 5 nitrogen and oxygen atoms in total. The summed E-state index contributed by atoms with van der Waals surface area (Å²) in [6.45, 7) is 5.81. The molecule has 0 aromatic carbocycles. The molecule has 21 heavy (non-hydrogen) atoms. The number of ether oxygens (including phenoxy) is 1. The van der Waals surface area contributed by atoms with Gasteiger partial charge in [-0.1, -0.05) is 0 Å². The van der Waals surface area contributed by atoms with Crippen LogP contribution in [0.2, 0.25) is 0 Å². The molecule has 0 radical (unpaired) electrons. The Bertz CT molecular complexity index is 554. The van der Waals surface area contributed by atoms with Crippen LogP contribution in [-0.2, 0) is 9.53 Å². The molecule has 1 atom stereocenters. The summed E-state index contributed by atoms with van der Waals surface area (Å²) in [5, 5.41) is 0. The lowest BCUT2D eigenvalue weighted by Gasteiger charge is -2.27. The van der Waals surface area contributed by atoms with E-state index in [1.54, 1.807) is 20.8 Å². The lowest BCUT2D eigenvalue weighted by molar-refractivity contribution is -0.159. The molecule has 1 aliphatic heterocycles. The molecule has 2 heterocycles. The molecule has 1 aliphatic rings. The summed E-state index contributed by atoms with van der Waals surface area (Å²) in [7, 11) is 0. The van der Waals surface area contributed by atoms with Crippen molar-refractivity contribution in [3.05, 3.63) is 29.8 Å². The van der Waals surface area contributed by atoms with Crippen LogP contribution in [0.15, 0.2) is 18.3 Å². The summed E-state index contributed by atoms with van der Waals surface area (Å²) in [6.07, 6.45) is 2.53. The number of likely N-dealkylation sites (tertiary alicyclic amines) is 1. The Morgan fingerprint density at radius 1 is 1.43 bits per heavy atom.